The molecular weight excluding hydrogens is 212 g/mol. The summed E-state index contributed by atoms with van der Waals surface area (Å²) < 4.78 is 26.2. The van der Waals surface area contributed by atoms with Crippen LogP contribution in [0.4, 0.5) is 0 Å². The fraction of sp³-hybridized carbons (Fsp3) is 1.00. The summed E-state index contributed by atoms with van der Waals surface area (Å²) >= 11 is 0. The van der Waals surface area contributed by atoms with Crippen LogP contribution in [0.5, 0.6) is 0 Å². The second-order valence-corrected chi connectivity index (χ2v) is 6.52. The maximum Gasteiger partial charge on any atom is 0.211 e. The molecule has 5 heteroatoms. The van der Waals surface area contributed by atoms with Crippen LogP contribution in [0.1, 0.15) is 38.5 Å². The van der Waals surface area contributed by atoms with Crippen molar-refractivity contribution in [2.45, 2.75) is 50.6 Å². The van der Waals surface area contributed by atoms with Gasteiger partial charge in [0.25, 0.3) is 0 Å². The average molecular weight is 232 g/mol. The minimum Gasteiger partial charge on any atom is -0.314 e. The van der Waals surface area contributed by atoms with Gasteiger partial charge in [-0.3, -0.25) is 0 Å². The number of rotatable bonds is 5. The van der Waals surface area contributed by atoms with Crippen molar-refractivity contribution in [2.75, 3.05) is 12.3 Å². The molecule has 1 unspecified atom stereocenters. The van der Waals surface area contributed by atoms with Crippen molar-refractivity contribution in [3.8, 4) is 0 Å². The van der Waals surface area contributed by atoms with Crippen LogP contribution in [0.2, 0.25) is 0 Å². The van der Waals surface area contributed by atoms with Gasteiger partial charge in [-0.2, -0.15) is 0 Å². The van der Waals surface area contributed by atoms with Gasteiger partial charge in [-0.25, -0.2) is 13.1 Å². The Balaban J connectivity index is 1.72. The van der Waals surface area contributed by atoms with Crippen molar-refractivity contribution in [2.24, 2.45) is 0 Å². The van der Waals surface area contributed by atoms with Crippen LogP contribution in [0, 0.1) is 0 Å². The van der Waals surface area contributed by atoms with Crippen molar-refractivity contribution < 1.29 is 8.42 Å². The number of sulfonamides is 1. The van der Waals surface area contributed by atoms with Crippen LogP contribution in [0.3, 0.4) is 0 Å². The van der Waals surface area contributed by atoms with E-state index in [-0.39, 0.29) is 11.8 Å². The molecule has 1 saturated heterocycles. The second-order valence-electron chi connectivity index (χ2n) is 4.65. The summed E-state index contributed by atoms with van der Waals surface area (Å²) in [5.41, 5.74) is 0. The standard InChI is InChI=1S/C10H20N2O2S/c13-15(14,8-6-9-5-7-11-9)12-10-3-1-2-4-10/h9-12H,1-8H2. The Morgan fingerprint density at radius 3 is 2.40 bits per heavy atom. The normalized spacial score (nSPS) is 27.9. The van der Waals surface area contributed by atoms with Gasteiger partial charge in [0.2, 0.25) is 10.0 Å². The molecule has 4 nitrogen and oxygen atoms in total. The Bertz CT molecular complexity index is 293. The van der Waals surface area contributed by atoms with E-state index >= 15 is 0 Å². The Kier molecular flexibility index (Phi) is 3.64. The molecule has 1 aliphatic carbocycles. The van der Waals surface area contributed by atoms with Crippen LogP contribution in [0.15, 0.2) is 0 Å². The van der Waals surface area contributed by atoms with Crippen LogP contribution in [0.25, 0.3) is 0 Å². The zero-order valence-corrected chi connectivity index (χ0v) is 9.85. The summed E-state index contributed by atoms with van der Waals surface area (Å²) in [7, 11) is -3.03. The van der Waals surface area contributed by atoms with E-state index in [1.54, 1.807) is 0 Å². The molecule has 0 amide bonds. The third-order valence-corrected chi connectivity index (χ3v) is 4.83. The highest BCUT2D eigenvalue weighted by molar-refractivity contribution is 7.89. The molecule has 2 N–H and O–H groups in total. The summed E-state index contributed by atoms with van der Waals surface area (Å²) in [6, 6.07) is 0.648. The van der Waals surface area contributed by atoms with Crippen molar-refractivity contribution in [3.63, 3.8) is 0 Å². The molecule has 2 fully saturated rings. The topological polar surface area (TPSA) is 58.2 Å². The van der Waals surface area contributed by atoms with Gasteiger partial charge in [0.05, 0.1) is 5.75 Å². The highest BCUT2D eigenvalue weighted by Gasteiger charge is 2.23. The molecule has 0 radical (unpaired) electrons. The maximum absolute atomic E-state index is 11.7. The minimum atomic E-state index is -3.03. The first kappa shape index (κ1) is 11.4. The molecule has 0 bridgehead atoms. The van der Waals surface area contributed by atoms with E-state index in [0.29, 0.717) is 6.04 Å². The van der Waals surface area contributed by atoms with E-state index in [4.69, 9.17) is 0 Å². The number of hydrogen-bond acceptors (Lipinski definition) is 3. The van der Waals surface area contributed by atoms with Gasteiger partial charge in [-0.1, -0.05) is 12.8 Å². The van der Waals surface area contributed by atoms with Gasteiger partial charge >= 0.3 is 0 Å². The largest absolute Gasteiger partial charge is 0.314 e. The van der Waals surface area contributed by atoms with Crippen molar-refractivity contribution in [3.05, 3.63) is 0 Å². The van der Waals surface area contributed by atoms with Gasteiger partial charge in [-0.05, 0) is 32.2 Å². The monoisotopic (exact) mass is 232 g/mol. The summed E-state index contributed by atoms with van der Waals surface area (Å²) in [5, 5.41) is 3.22. The Labute approximate surface area is 91.9 Å². The summed E-state index contributed by atoms with van der Waals surface area (Å²) in [6.45, 7) is 1.04. The molecule has 1 aliphatic heterocycles. The molecule has 2 rings (SSSR count). The quantitative estimate of drug-likeness (QED) is 0.730. The fourth-order valence-corrected chi connectivity index (χ4v) is 3.71. The van der Waals surface area contributed by atoms with E-state index in [0.717, 1.165) is 45.1 Å². The van der Waals surface area contributed by atoms with Crippen LogP contribution in [-0.2, 0) is 10.0 Å². The summed E-state index contributed by atoms with van der Waals surface area (Å²) in [5.74, 6) is 0.279. The SMILES string of the molecule is O=S(=O)(CCC1CCN1)NC1CCCC1. The molecule has 1 saturated carbocycles. The molecule has 1 atom stereocenters. The third kappa shape index (κ3) is 3.43. The van der Waals surface area contributed by atoms with E-state index in [1.807, 2.05) is 0 Å². The van der Waals surface area contributed by atoms with Gasteiger partial charge in [0.1, 0.15) is 0 Å². The van der Waals surface area contributed by atoms with Gasteiger partial charge in [0.15, 0.2) is 0 Å². The molecule has 1 heterocycles. The molecule has 0 aromatic rings. The molecule has 0 aromatic carbocycles. The molecule has 2 aliphatic rings. The predicted molar refractivity (Wildman–Crippen MR) is 60.2 cm³/mol. The van der Waals surface area contributed by atoms with Gasteiger partial charge in [-0.15, -0.1) is 0 Å². The lowest BCUT2D eigenvalue weighted by atomic mass is 10.1. The smallest absolute Gasteiger partial charge is 0.211 e. The first-order valence-electron chi connectivity index (χ1n) is 5.89. The van der Waals surface area contributed by atoms with E-state index < -0.39 is 10.0 Å². The zero-order chi connectivity index (χ0) is 10.7. The molecule has 15 heavy (non-hydrogen) atoms. The van der Waals surface area contributed by atoms with Crippen LogP contribution < -0.4 is 10.0 Å². The van der Waals surface area contributed by atoms with Crippen molar-refractivity contribution in [1.29, 1.82) is 0 Å². The lowest BCUT2D eigenvalue weighted by Crippen LogP contribution is -2.45. The lowest BCUT2D eigenvalue weighted by molar-refractivity contribution is 0.361. The molecular formula is C10H20N2O2S. The van der Waals surface area contributed by atoms with Crippen LogP contribution >= 0.6 is 0 Å². The molecule has 88 valence electrons. The van der Waals surface area contributed by atoms with E-state index in [1.165, 1.54) is 0 Å². The Morgan fingerprint density at radius 1 is 1.20 bits per heavy atom. The Hall–Kier alpha value is -0.130. The molecule has 0 aromatic heterocycles. The Morgan fingerprint density at radius 2 is 1.87 bits per heavy atom. The molecule has 0 spiro atoms. The first-order valence-corrected chi connectivity index (χ1v) is 7.54. The second kappa shape index (κ2) is 4.80. The number of hydrogen-bond donors (Lipinski definition) is 2. The highest BCUT2D eigenvalue weighted by atomic mass is 32.2. The minimum absolute atomic E-state index is 0.212. The highest BCUT2D eigenvalue weighted by Crippen LogP contribution is 2.18. The van der Waals surface area contributed by atoms with Crippen molar-refractivity contribution in [1.82, 2.24) is 10.0 Å². The third-order valence-electron chi connectivity index (χ3n) is 3.36. The first-order chi connectivity index (χ1) is 7.16. The maximum atomic E-state index is 11.7. The van der Waals surface area contributed by atoms with E-state index in [2.05, 4.69) is 10.0 Å². The fourth-order valence-electron chi connectivity index (χ4n) is 2.25. The van der Waals surface area contributed by atoms with Gasteiger partial charge in [0, 0.05) is 12.1 Å². The van der Waals surface area contributed by atoms with Crippen LogP contribution in [-0.4, -0.2) is 32.8 Å². The lowest BCUT2D eigenvalue weighted by Gasteiger charge is -2.27. The van der Waals surface area contributed by atoms with E-state index in [9.17, 15) is 8.42 Å². The number of nitrogens with one attached hydrogen (secondary N) is 2. The summed E-state index contributed by atoms with van der Waals surface area (Å²) in [4.78, 5) is 0. The van der Waals surface area contributed by atoms with Crippen molar-refractivity contribution >= 4 is 10.0 Å². The predicted octanol–water partition coefficient (Wildman–Crippen LogP) is 0.600. The summed E-state index contributed by atoms with van der Waals surface area (Å²) in [6.07, 6.45) is 6.23. The zero-order valence-electron chi connectivity index (χ0n) is 9.04. The average Bonchev–Trinajstić information content (AvgIpc) is 2.52. The van der Waals surface area contributed by atoms with Gasteiger partial charge < -0.3 is 5.32 Å².